The summed E-state index contributed by atoms with van der Waals surface area (Å²) in [6.07, 6.45) is 0. The summed E-state index contributed by atoms with van der Waals surface area (Å²) < 4.78 is 26.9. The molecule has 1 fully saturated rings. The lowest BCUT2D eigenvalue weighted by molar-refractivity contribution is 0.184. The zero-order chi connectivity index (χ0) is 14.8. The number of rotatable bonds is 3. The molecule has 0 aromatic carbocycles. The van der Waals surface area contributed by atoms with Crippen LogP contribution in [-0.4, -0.2) is 56.9 Å². The molecule has 2 heterocycles. The largest absolute Gasteiger partial charge is 0.322 e. The summed E-state index contributed by atoms with van der Waals surface area (Å²) in [5.74, 6) is 0. The van der Waals surface area contributed by atoms with Crippen molar-refractivity contribution in [1.29, 1.82) is 0 Å². The minimum absolute atomic E-state index is 0.187. The van der Waals surface area contributed by atoms with Crippen molar-refractivity contribution < 1.29 is 13.2 Å². The topological polar surface area (TPSA) is 81.8 Å². The molecule has 1 aliphatic heterocycles. The highest BCUT2D eigenvalue weighted by Gasteiger charge is 2.27. The third kappa shape index (κ3) is 3.29. The Kier molecular flexibility index (Phi) is 4.63. The maximum Gasteiger partial charge on any atom is 0.321 e. The Hall–Kier alpha value is -1.16. The van der Waals surface area contributed by atoms with Crippen LogP contribution in [0.3, 0.4) is 0 Å². The normalized spacial score (nSPS) is 17.2. The molecule has 7 nitrogen and oxygen atoms in total. The van der Waals surface area contributed by atoms with Gasteiger partial charge in [0.1, 0.15) is 0 Å². The van der Waals surface area contributed by atoms with Crippen LogP contribution in [0.1, 0.15) is 5.56 Å². The van der Waals surface area contributed by atoms with E-state index in [4.69, 9.17) is 0 Å². The van der Waals surface area contributed by atoms with Crippen LogP contribution in [0, 0.1) is 6.92 Å². The number of nitrogens with one attached hydrogen (secondary N) is 2. The molecule has 112 valence electrons. The number of amides is 2. The number of hydrogen-bond acceptors (Lipinski definition) is 4. The standard InChI is InChI=1S/C11H18N4O3S2/c1-9-7-19-8-10(9)13-11(16)14-3-5-15(6-4-14)20(17,18)12-2/h7-8,12H,3-6H2,1-2H3,(H,13,16). The average molecular weight is 318 g/mol. The number of carbonyl (C=O) groups is 1. The lowest BCUT2D eigenvalue weighted by atomic mass is 10.3. The highest BCUT2D eigenvalue weighted by molar-refractivity contribution is 7.87. The van der Waals surface area contributed by atoms with Crippen LogP contribution >= 0.6 is 11.3 Å². The summed E-state index contributed by atoms with van der Waals surface area (Å²) in [7, 11) is -2.02. The Morgan fingerprint density at radius 1 is 1.25 bits per heavy atom. The summed E-state index contributed by atoms with van der Waals surface area (Å²) in [5.41, 5.74) is 1.84. The smallest absolute Gasteiger partial charge is 0.321 e. The van der Waals surface area contributed by atoms with Crippen LogP contribution in [0.2, 0.25) is 0 Å². The molecule has 2 amide bonds. The number of piperazine rings is 1. The maximum atomic E-state index is 12.1. The first-order valence-corrected chi connectivity index (χ1v) is 8.59. The lowest BCUT2D eigenvalue weighted by Crippen LogP contribution is -2.53. The van der Waals surface area contributed by atoms with Gasteiger partial charge in [0, 0.05) is 38.6 Å². The van der Waals surface area contributed by atoms with E-state index in [9.17, 15) is 13.2 Å². The molecule has 0 aliphatic carbocycles. The minimum Gasteiger partial charge on any atom is -0.322 e. The first-order chi connectivity index (χ1) is 9.44. The van der Waals surface area contributed by atoms with E-state index in [1.54, 1.807) is 4.90 Å². The van der Waals surface area contributed by atoms with Gasteiger partial charge in [-0.25, -0.2) is 9.52 Å². The number of thiophene rings is 1. The molecule has 0 unspecified atom stereocenters. The van der Waals surface area contributed by atoms with Gasteiger partial charge in [-0.05, 0) is 17.9 Å². The predicted octanol–water partition coefficient (Wildman–Crippen LogP) is 0.670. The molecule has 9 heteroatoms. The summed E-state index contributed by atoms with van der Waals surface area (Å²) in [6, 6.07) is -0.187. The number of aryl methyl sites for hydroxylation is 1. The Morgan fingerprint density at radius 3 is 2.40 bits per heavy atom. The van der Waals surface area contributed by atoms with E-state index in [-0.39, 0.29) is 6.03 Å². The summed E-state index contributed by atoms with van der Waals surface area (Å²) in [5, 5.41) is 6.69. The Morgan fingerprint density at radius 2 is 1.90 bits per heavy atom. The van der Waals surface area contributed by atoms with Crippen molar-refractivity contribution in [2.45, 2.75) is 6.92 Å². The molecule has 2 N–H and O–H groups in total. The molecule has 0 atom stereocenters. The van der Waals surface area contributed by atoms with Crippen molar-refractivity contribution in [1.82, 2.24) is 13.9 Å². The van der Waals surface area contributed by atoms with E-state index < -0.39 is 10.2 Å². The van der Waals surface area contributed by atoms with Gasteiger partial charge in [-0.2, -0.15) is 12.7 Å². The molecule has 2 rings (SSSR count). The van der Waals surface area contributed by atoms with Crippen molar-refractivity contribution in [3.05, 3.63) is 16.3 Å². The van der Waals surface area contributed by atoms with E-state index >= 15 is 0 Å². The zero-order valence-corrected chi connectivity index (χ0v) is 13.1. The van der Waals surface area contributed by atoms with E-state index in [2.05, 4.69) is 10.0 Å². The zero-order valence-electron chi connectivity index (χ0n) is 11.4. The monoisotopic (exact) mass is 318 g/mol. The van der Waals surface area contributed by atoms with Crippen LogP contribution in [0.4, 0.5) is 10.5 Å². The molecular weight excluding hydrogens is 300 g/mol. The van der Waals surface area contributed by atoms with Crippen LogP contribution < -0.4 is 10.0 Å². The first-order valence-electron chi connectivity index (χ1n) is 6.21. The number of carbonyl (C=O) groups excluding carboxylic acids is 1. The molecule has 1 saturated heterocycles. The molecular formula is C11H18N4O3S2. The van der Waals surface area contributed by atoms with Crippen molar-refractivity contribution in [2.75, 3.05) is 38.5 Å². The number of hydrogen-bond donors (Lipinski definition) is 2. The second-order valence-corrected chi connectivity index (χ2v) is 7.11. The third-order valence-corrected chi connectivity index (χ3v) is 5.64. The molecule has 1 aromatic heterocycles. The highest BCUT2D eigenvalue weighted by atomic mass is 32.2. The van der Waals surface area contributed by atoms with Gasteiger partial charge in [0.25, 0.3) is 10.2 Å². The Labute approximate surface area is 122 Å². The van der Waals surface area contributed by atoms with Gasteiger partial charge in [0.15, 0.2) is 0 Å². The van der Waals surface area contributed by atoms with Gasteiger partial charge < -0.3 is 10.2 Å². The fourth-order valence-corrected chi connectivity index (χ4v) is 3.63. The van der Waals surface area contributed by atoms with Crippen LogP contribution in [-0.2, 0) is 10.2 Å². The SMILES string of the molecule is CNS(=O)(=O)N1CCN(C(=O)Nc2cscc2C)CC1. The lowest BCUT2D eigenvalue weighted by Gasteiger charge is -2.33. The molecule has 1 aliphatic rings. The van der Waals surface area contributed by atoms with Crippen molar-refractivity contribution >= 4 is 33.3 Å². The van der Waals surface area contributed by atoms with Crippen LogP contribution in [0.25, 0.3) is 0 Å². The van der Waals surface area contributed by atoms with Crippen LogP contribution in [0.15, 0.2) is 10.8 Å². The van der Waals surface area contributed by atoms with E-state index in [1.807, 2.05) is 17.7 Å². The quantitative estimate of drug-likeness (QED) is 0.859. The maximum absolute atomic E-state index is 12.1. The number of urea groups is 1. The molecule has 1 aromatic rings. The second kappa shape index (κ2) is 6.08. The summed E-state index contributed by atoms with van der Waals surface area (Å²) >= 11 is 1.53. The van der Waals surface area contributed by atoms with E-state index in [1.165, 1.54) is 22.7 Å². The van der Waals surface area contributed by atoms with Crippen molar-refractivity contribution in [3.8, 4) is 0 Å². The van der Waals surface area contributed by atoms with Gasteiger partial charge >= 0.3 is 6.03 Å². The Balaban J connectivity index is 1.91. The minimum atomic E-state index is -3.40. The molecule has 0 spiro atoms. The van der Waals surface area contributed by atoms with Gasteiger partial charge in [-0.3, -0.25) is 0 Å². The molecule has 20 heavy (non-hydrogen) atoms. The van der Waals surface area contributed by atoms with Gasteiger partial charge in [0.2, 0.25) is 0 Å². The molecule has 0 saturated carbocycles. The predicted molar refractivity (Wildman–Crippen MR) is 79.2 cm³/mol. The fourth-order valence-electron chi connectivity index (χ4n) is 1.94. The number of nitrogens with zero attached hydrogens (tertiary/aromatic N) is 2. The summed E-state index contributed by atoms with van der Waals surface area (Å²) in [6.45, 7) is 3.31. The second-order valence-electron chi connectivity index (χ2n) is 4.49. The Bertz CT molecular complexity index is 576. The molecule has 0 bridgehead atoms. The van der Waals surface area contributed by atoms with E-state index in [0.29, 0.717) is 26.2 Å². The highest BCUT2D eigenvalue weighted by Crippen LogP contribution is 2.20. The van der Waals surface area contributed by atoms with Gasteiger partial charge in [0.05, 0.1) is 5.69 Å². The van der Waals surface area contributed by atoms with Gasteiger partial charge in [-0.1, -0.05) is 0 Å². The van der Waals surface area contributed by atoms with E-state index in [0.717, 1.165) is 11.3 Å². The number of anilines is 1. The van der Waals surface area contributed by atoms with Crippen molar-refractivity contribution in [2.24, 2.45) is 0 Å². The molecule has 0 radical (unpaired) electrons. The fraction of sp³-hybridized carbons (Fsp3) is 0.545. The third-order valence-electron chi connectivity index (χ3n) is 3.22. The summed E-state index contributed by atoms with van der Waals surface area (Å²) in [4.78, 5) is 13.7. The average Bonchev–Trinajstić information content (AvgIpc) is 2.84. The van der Waals surface area contributed by atoms with Crippen molar-refractivity contribution in [3.63, 3.8) is 0 Å². The van der Waals surface area contributed by atoms with Crippen LogP contribution in [0.5, 0.6) is 0 Å². The first kappa shape index (κ1) is 15.2. The van der Waals surface area contributed by atoms with Gasteiger partial charge in [-0.15, -0.1) is 11.3 Å².